The van der Waals surface area contributed by atoms with Crippen molar-refractivity contribution in [2.24, 2.45) is 0 Å². The second-order valence-corrected chi connectivity index (χ2v) is 7.38. The van der Waals surface area contributed by atoms with Crippen LogP contribution in [0.3, 0.4) is 0 Å². The van der Waals surface area contributed by atoms with Crippen LogP contribution in [0.2, 0.25) is 0 Å². The van der Waals surface area contributed by atoms with Gasteiger partial charge in [0.1, 0.15) is 0 Å². The molecule has 2 N–H and O–H groups in total. The highest BCUT2D eigenvalue weighted by Gasteiger charge is 2.20. The number of rotatable bonds is 4. The fraction of sp³-hybridized carbons (Fsp3) is 0.917. The molecule has 1 fully saturated rings. The largest absolute Gasteiger partial charge is 0.355 e. The van der Waals surface area contributed by atoms with Crippen molar-refractivity contribution in [3.05, 3.63) is 0 Å². The molecule has 16 heavy (non-hydrogen) atoms. The molecule has 0 aromatic heterocycles. The van der Waals surface area contributed by atoms with Gasteiger partial charge in [-0.3, -0.25) is 4.79 Å². The second kappa shape index (κ2) is 5.92. The molecule has 2 atom stereocenters. The standard InChI is InChI=1S/C12H24N2OS/c1-9(8-16-12(2,3)4)14-10-5-6-11(15)13-7-10/h9-10,14H,5-8H2,1-4H3,(H,13,15). The topological polar surface area (TPSA) is 41.1 Å². The Labute approximate surface area is 103 Å². The minimum absolute atomic E-state index is 0.190. The van der Waals surface area contributed by atoms with Gasteiger partial charge in [-0.2, -0.15) is 11.8 Å². The van der Waals surface area contributed by atoms with Crippen LogP contribution < -0.4 is 10.6 Å². The van der Waals surface area contributed by atoms with E-state index < -0.39 is 0 Å². The molecule has 3 nitrogen and oxygen atoms in total. The molecule has 0 aromatic carbocycles. The molecule has 1 aliphatic rings. The van der Waals surface area contributed by atoms with E-state index in [1.54, 1.807) is 0 Å². The number of hydrogen-bond acceptors (Lipinski definition) is 3. The Bertz CT molecular complexity index is 228. The highest BCUT2D eigenvalue weighted by atomic mass is 32.2. The molecule has 1 heterocycles. The fourth-order valence-corrected chi connectivity index (χ4v) is 2.55. The smallest absolute Gasteiger partial charge is 0.220 e. The maximum atomic E-state index is 11.0. The average molecular weight is 244 g/mol. The molecule has 0 radical (unpaired) electrons. The van der Waals surface area contributed by atoms with Crippen molar-refractivity contribution in [1.82, 2.24) is 10.6 Å². The van der Waals surface area contributed by atoms with Crippen molar-refractivity contribution >= 4 is 17.7 Å². The van der Waals surface area contributed by atoms with Gasteiger partial charge in [-0.25, -0.2) is 0 Å². The van der Waals surface area contributed by atoms with Crippen LogP contribution in [-0.2, 0) is 4.79 Å². The van der Waals surface area contributed by atoms with Crippen LogP contribution in [0.4, 0.5) is 0 Å². The summed E-state index contributed by atoms with van der Waals surface area (Å²) < 4.78 is 0.330. The van der Waals surface area contributed by atoms with Crippen LogP contribution in [0.5, 0.6) is 0 Å². The Hall–Kier alpha value is -0.220. The van der Waals surface area contributed by atoms with E-state index in [1.807, 2.05) is 11.8 Å². The van der Waals surface area contributed by atoms with E-state index in [-0.39, 0.29) is 5.91 Å². The first-order valence-corrected chi connectivity index (χ1v) is 7.02. The van der Waals surface area contributed by atoms with Crippen molar-refractivity contribution in [3.63, 3.8) is 0 Å². The lowest BCUT2D eigenvalue weighted by atomic mass is 10.1. The van der Waals surface area contributed by atoms with Crippen molar-refractivity contribution in [1.29, 1.82) is 0 Å². The maximum absolute atomic E-state index is 11.0. The summed E-state index contributed by atoms with van der Waals surface area (Å²) in [5.41, 5.74) is 0. The summed E-state index contributed by atoms with van der Waals surface area (Å²) in [6, 6.07) is 0.956. The Morgan fingerprint density at radius 3 is 2.75 bits per heavy atom. The quantitative estimate of drug-likeness (QED) is 0.792. The molecule has 1 amide bonds. The molecular formula is C12H24N2OS. The molecular weight excluding hydrogens is 220 g/mol. The summed E-state index contributed by atoms with van der Waals surface area (Å²) >= 11 is 1.98. The van der Waals surface area contributed by atoms with E-state index in [0.717, 1.165) is 18.7 Å². The van der Waals surface area contributed by atoms with Gasteiger partial charge in [-0.1, -0.05) is 20.8 Å². The predicted octanol–water partition coefficient (Wildman–Crippen LogP) is 1.77. The van der Waals surface area contributed by atoms with Crippen LogP contribution in [0, 0.1) is 0 Å². The van der Waals surface area contributed by atoms with E-state index in [2.05, 4.69) is 38.3 Å². The van der Waals surface area contributed by atoms with Crippen LogP contribution >= 0.6 is 11.8 Å². The molecule has 0 aliphatic carbocycles. The first-order valence-electron chi connectivity index (χ1n) is 6.03. The average Bonchev–Trinajstić information content (AvgIpc) is 2.18. The number of carbonyl (C=O) groups excluding carboxylic acids is 1. The zero-order chi connectivity index (χ0) is 12.2. The van der Waals surface area contributed by atoms with E-state index in [0.29, 0.717) is 23.3 Å². The lowest BCUT2D eigenvalue weighted by Crippen LogP contribution is -2.49. The molecule has 0 saturated carbocycles. The molecule has 4 heteroatoms. The first-order chi connectivity index (χ1) is 7.37. The summed E-state index contributed by atoms with van der Waals surface area (Å²) in [6.45, 7) is 9.72. The number of nitrogens with one attached hydrogen (secondary N) is 2. The first kappa shape index (κ1) is 13.8. The van der Waals surface area contributed by atoms with Gasteiger partial charge in [0.05, 0.1) is 0 Å². The van der Waals surface area contributed by atoms with Crippen LogP contribution in [0.25, 0.3) is 0 Å². The van der Waals surface area contributed by atoms with Gasteiger partial charge in [0.2, 0.25) is 5.91 Å². The van der Waals surface area contributed by atoms with E-state index in [1.165, 1.54) is 0 Å². The zero-order valence-electron chi connectivity index (χ0n) is 10.8. The number of hydrogen-bond donors (Lipinski definition) is 2. The van der Waals surface area contributed by atoms with Crippen molar-refractivity contribution in [2.45, 2.75) is 57.4 Å². The van der Waals surface area contributed by atoms with Crippen LogP contribution in [0.15, 0.2) is 0 Å². The molecule has 0 spiro atoms. The Morgan fingerprint density at radius 1 is 1.56 bits per heavy atom. The highest BCUT2D eigenvalue weighted by Crippen LogP contribution is 2.23. The zero-order valence-corrected chi connectivity index (χ0v) is 11.6. The summed E-state index contributed by atoms with van der Waals surface area (Å²) in [5, 5.41) is 6.48. The highest BCUT2D eigenvalue weighted by molar-refractivity contribution is 8.00. The number of piperidine rings is 1. The van der Waals surface area contributed by atoms with Gasteiger partial charge < -0.3 is 10.6 Å². The van der Waals surface area contributed by atoms with Gasteiger partial charge >= 0.3 is 0 Å². The van der Waals surface area contributed by atoms with Crippen molar-refractivity contribution < 1.29 is 4.79 Å². The van der Waals surface area contributed by atoms with Gasteiger partial charge in [0.25, 0.3) is 0 Å². The van der Waals surface area contributed by atoms with Crippen molar-refractivity contribution in [3.8, 4) is 0 Å². The molecule has 0 aromatic rings. The third-order valence-electron chi connectivity index (χ3n) is 2.55. The van der Waals surface area contributed by atoms with E-state index in [4.69, 9.17) is 0 Å². The minimum Gasteiger partial charge on any atom is -0.355 e. The van der Waals surface area contributed by atoms with Gasteiger partial charge in [-0.15, -0.1) is 0 Å². The van der Waals surface area contributed by atoms with Gasteiger partial charge in [0.15, 0.2) is 0 Å². The Morgan fingerprint density at radius 2 is 2.25 bits per heavy atom. The van der Waals surface area contributed by atoms with Crippen molar-refractivity contribution in [2.75, 3.05) is 12.3 Å². The molecule has 1 aliphatic heterocycles. The lowest BCUT2D eigenvalue weighted by molar-refractivity contribution is -0.122. The SMILES string of the molecule is CC(CSC(C)(C)C)NC1CCC(=O)NC1. The van der Waals surface area contributed by atoms with Gasteiger partial charge in [-0.05, 0) is 13.3 Å². The summed E-state index contributed by atoms with van der Waals surface area (Å²) in [7, 11) is 0. The number of carbonyl (C=O) groups is 1. The molecule has 2 unspecified atom stereocenters. The van der Waals surface area contributed by atoms with Crippen LogP contribution in [-0.4, -0.2) is 35.0 Å². The van der Waals surface area contributed by atoms with E-state index >= 15 is 0 Å². The molecule has 1 saturated heterocycles. The third kappa shape index (κ3) is 5.75. The van der Waals surface area contributed by atoms with Crippen LogP contribution in [0.1, 0.15) is 40.5 Å². The maximum Gasteiger partial charge on any atom is 0.220 e. The summed E-state index contributed by atoms with van der Waals surface area (Å²) in [6.07, 6.45) is 1.63. The number of amides is 1. The fourth-order valence-electron chi connectivity index (χ4n) is 1.70. The predicted molar refractivity (Wildman–Crippen MR) is 70.8 cm³/mol. The Kier molecular flexibility index (Phi) is 5.12. The number of thioether (sulfide) groups is 1. The normalized spacial score (nSPS) is 24.0. The monoisotopic (exact) mass is 244 g/mol. The molecule has 94 valence electrons. The minimum atomic E-state index is 0.190. The second-order valence-electron chi connectivity index (χ2n) is 5.53. The lowest BCUT2D eigenvalue weighted by Gasteiger charge is -2.28. The summed E-state index contributed by atoms with van der Waals surface area (Å²) in [5.74, 6) is 1.31. The molecule has 0 bridgehead atoms. The summed E-state index contributed by atoms with van der Waals surface area (Å²) in [4.78, 5) is 11.0. The van der Waals surface area contributed by atoms with Gasteiger partial charge in [0, 0.05) is 35.5 Å². The molecule has 1 rings (SSSR count). The van der Waals surface area contributed by atoms with E-state index in [9.17, 15) is 4.79 Å². The third-order valence-corrected chi connectivity index (χ3v) is 4.08. The Balaban J connectivity index is 2.19.